The van der Waals surface area contributed by atoms with E-state index < -0.39 is 54.5 Å². The van der Waals surface area contributed by atoms with Gasteiger partial charge in [0, 0.05) is 19.3 Å². The van der Waals surface area contributed by atoms with Gasteiger partial charge in [0.1, 0.15) is 37.0 Å². The molecule has 0 unspecified atom stereocenters. The smallest absolute Gasteiger partial charge is 0.407 e. The zero-order valence-electron chi connectivity index (χ0n) is 26.6. The SMILES string of the molecule is O=C(CNC(=O)OCc1ccccc1)N[C@@H](Cc1ccccc1)C(=O)N[C@@H](Cc1ccccc1)C(=O)N[C@@H](Cc1ccc(O)cc1)C(=O)O. The Morgan fingerprint density at radius 3 is 1.49 bits per heavy atom. The molecule has 0 spiro atoms. The number of carboxylic acid groups (broad SMARTS) is 1. The Morgan fingerprint density at radius 2 is 0.980 bits per heavy atom. The molecule has 0 radical (unpaired) electrons. The Labute approximate surface area is 283 Å². The van der Waals surface area contributed by atoms with E-state index in [1.54, 1.807) is 97.1 Å². The van der Waals surface area contributed by atoms with Crippen LogP contribution in [0.1, 0.15) is 22.3 Å². The van der Waals surface area contributed by atoms with Crippen molar-refractivity contribution in [2.45, 2.75) is 44.0 Å². The molecular formula is C37H38N4O8. The Morgan fingerprint density at radius 1 is 0.551 bits per heavy atom. The lowest BCUT2D eigenvalue weighted by atomic mass is 10.0. The molecule has 4 aromatic carbocycles. The first-order chi connectivity index (χ1) is 23.7. The summed E-state index contributed by atoms with van der Waals surface area (Å²) in [5.74, 6) is -3.37. The molecule has 0 aliphatic rings. The molecular weight excluding hydrogens is 628 g/mol. The topological polar surface area (TPSA) is 183 Å². The first-order valence-electron chi connectivity index (χ1n) is 15.6. The van der Waals surface area contributed by atoms with Gasteiger partial charge in [0.05, 0.1) is 0 Å². The number of phenols is 1. The number of carboxylic acids is 1. The van der Waals surface area contributed by atoms with Gasteiger partial charge in [-0.05, 0) is 34.4 Å². The summed E-state index contributed by atoms with van der Waals surface area (Å²) in [5.41, 5.74) is 2.76. The summed E-state index contributed by atoms with van der Waals surface area (Å²) >= 11 is 0. The van der Waals surface area contributed by atoms with Gasteiger partial charge in [-0.2, -0.15) is 0 Å². The lowest BCUT2D eigenvalue weighted by Crippen LogP contribution is -2.57. The van der Waals surface area contributed by atoms with E-state index in [0.717, 1.165) is 11.1 Å². The van der Waals surface area contributed by atoms with Gasteiger partial charge in [-0.1, -0.05) is 103 Å². The third kappa shape index (κ3) is 12.2. The molecule has 0 bridgehead atoms. The van der Waals surface area contributed by atoms with Gasteiger partial charge in [0.2, 0.25) is 17.7 Å². The van der Waals surface area contributed by atoms with Crippen molar-refractivity contribution < 1.29 is 38.9 Å². The number of carbonyl (C=O) groups is 5. The molecule has 12 heteroatoms. The van der Waals surface area contributed by atoms with Crippen LogP contribution in [0.5, 0.6) is 5.75 Å². The van der Waals surface area contributed by atoms with Crippen LogP contribution >= 0.6 is 0 Å². The highest BCUT2D eigenvalue weighted by Crippen LogP contribution is 2.13. The van der Waals surface area contributed by atoms with E-state index in [1.165, 1.54) is 12.1 Å². The number of benzene rings is 4. The van der Waals surface area contributed by atoms with Crippen molar-refractivity contribution >= 4 is 29.8 Å². The second-order valence-electron chi connectivity index (χ2n) is 11.2. The highest BCUT2D eigenvalue weighted by Gasteiger charge is 2.30. The number of alkyl carbamates (subject to hydrolysis) is 1. The van der Waals surface area contributed by atoms with Gasteiger partial charge < -0.3 is 36.2 Å². The maximum atomic E-state index is 13.8. The highest BCUT2D eigenvalue weighted by molar-refractivity contribution is 5.94. The van der Waals surface area contributed by atoms with Gasteiger partial charge in [-0.25, -0.2) is 9.59 Å². The minimum absolute atomic E-state index is 0.00979. The van der Waals surface area contributed by atoms with Crippen molar-refractivity contribution in [2.24, 2.45) is 0 Å². The number of phenolic OH excluding ortho intramolecular Hbond substituents is 1. The molecule has 49 heavy (non-hydrogen) atoms. The van der Waals surface area contributed by atoms with Crippen molar-refractivity contribution in [2.75, 3.05) is 6.54 Å². The maximum Gasteiger partial charge on any atom is 0.407 e. The van der Waals surface area contributed by atoms with Crippen LogP contribution in [0.3, 0.4) is 0 Å². The second kappa shape index (κ2) is 18.2. The predicted octanol–water partition coefficient (Wildman–Crippen LogP) is 2.89. The third-order valence-corrected chi connectivity index (χ3v) is 7.45. The van der Waals surface area contributed by atoms with Crippen molar-refractivity contribution in [1.29, 1.82) is 0 Å². The zero-order chi connectivity index (χ0) is 35.0. The molecule has 0 aromatic heterocycles. The number of aromatic hydroxyl groups is 1. The van der Waals surface area contributed by atoms with Crippen LogP contribution in [-0.2, 0) is 49.8 Å². The van der Waals surface area contributed by atoms with Crippen LogP contribution in [0.25, 0.3) is 0 Å². The fourth-order valence-corrected chi connectivity index (χ4v) is 4.90. The number of hydrogen-bond acceptors (Lipinski definition) is 7. The van der Waals surface area contributed by atoms with Crippen molar-refractivity contribution in [3.8, 4) is 5.75 Å². The summed E-state index contributed by atoms with van der Waals surface area (Å²) in [4.78, 5) is 64.6. The number of aliphatic carboxylic acids is 1. The minimum Gasteiger partial charge on any atom is -0.508 e. The summed E-state index contributed by atoms with van der Waals surface area (Å²) in [6.07, 6.45) is -0.788. The van der Waals surface area contributed by atoms with E-state index in [4.69, 9.17) is 4.74 Å². The number of hydrogen-bond donors (Lipinski definition) is 6. The quantitative estimate of drug-likeness (QED) is 0.106. The first kappa shape index (κ1) is 35.7. The molecule has 254 valence electrons. The fraction of sp³-hybridized carbons (Fsp3) is 0.216. The van der Waals surface area contributed by atoms with Crippen LogP contribution in [-0.4, -0.2) is 64.7 Å². The lowest BCUT2D eigenvalue weighted by Gasteiger charge is -2.25. The van der Waals surface area contributed by atoms with E-state index in [0.29, 0.717) is 11.1 Å². The van der Waals surface area contributed by atoms with E-state index in [2.05, 4.69) is 21.3 Å². The molecule has 6 N–H and O–H groups in total. The average Bonchev–Trinajstić information content (AvgIpc) is 3.11. The van der Waals surface area contributed by atoms with E-state index in [9.17, 15) is 34.2 Å². The highest BCUT2D eigenvalue weighted by atomic mass is 16.5. The Balaban J connectivity index is 1.46. The minimum atomic E-state index is -1.33. The zero-order valence-corrected chi connectivity index (χ0v) is 26.6. The van der Waals surface area contributed by atoms with E-state index in [1.807, 2.05) is 6.07 Å². The molecule has 0 saturated heterocycles. The monoisotopic (exact) mass is 666 g/mol. The summed E-state index contributed by atoms with van der Waals surface area (Å²) in [5, 5.41) is 29.7. The van der Waals surface area contributed by atoms with Gasteiger partial charge in [0.25, 0.3) is 0 Å². The molecule has 0 fully saturated rings. The molecule has 0 heterocycles. The number of nitrogens with one attached hydrogen (secondary N) is 4. The lowest BCUT2D eigenvalue weighted by molar-refractivity contribution is -0.142. The number of rotatable bonds is 16. The largest absolute Gasteiger partial charge is 0.508 e. The average molecular weight is 667 g/mol. The summed E-state index contributed by atoms with van der Waals surface area (Å²) < 4.78 is 5.15. The Bertz CT molecular complexity index is 1690. The van der Waals surface area contributed by atoms with Crippen LogP contribution in [0.4, 0.5) is 4.79 Å². The van der Waals surface area contributed by atoms with Gasteiger partial charge in [-0.15, -0.1) is 0 Å². The molecule has 4 amide bonds. The van der Waals surface area contributed by atoms with Crippen molar-refractivity contribution in [1.82, 2.24) is 21.3 Å². The first-order valence-corrected chi connectivity index (χ1v) is 15.6. The molecule has 0 saturated carbocycles. The van der Waals surface area contributed by atoms with Crippen molar-refractivity contribution in [3.63, 3.8) is 0 Å². The molecule has 4 aromatic rings. The third-order valence-electron chi connectivity index (χ3n) is 7.45. The van der Waals surface area contributed by atoms with Gasteiger partial charge in [0.15, 0.2) is 0 Å². The molecule has 3 atom stereocenters. The van der Waals surface area contributed by atoms with Crippen LogP contribution in [0.15, 0.2) is 115 Å². The normalized spacial score (nSPS) is 12.4. The van der Waals surface area contributed by atoms with E-state index >= 15 is 0 Å². The Hall–Kier alpha value is -6.17. The van der Waals surface area contributed by atoms with Crippen LogP contribution < -0.4 is 21.3 Å². The fourth-order valence-electron chi connectivity index (χ4n) is 4.90. The predicted molar refractivity (Wildman–Crippen MR) is 180 cm³/mol. The van der Waals surface area contributed by atoms with E-state index in [-0.39, 0.29) is 31.6 Å². The molecule has 0 aliphatic carbocycles. The molecule has 4 rings (SSSR count). The van der Waals surface area contributed by atoms with Crippen molar-refractivity contribution in [3.05, 3.63) is 138 Å². The van der Waals surface area contributed by atoms with Gasteiger partial charge >= 0.3 is 12.1 Å². The maximum absolute atomic E-state index is 13.8. The second-order valence-corrected chi connectivity index (χ2v) is 11.2. The van der Waals surface area contributed by atoms with Gasteiger partial charge in [-0.3, -0.25) is 14.4 Å². The molecule has 12 nitrogen and oxygen atoms in total. The number of amides is 4. The van der Waals surface area contributed by atoms with Crippen LogP contribution in [0.2, 0.25) is 0 Å². The summed E-state index contributed by atoms with van der Waals surface area (Å²) in [7, 11) is 0. The standard InChI is InChI=1S/C37H38N4O8/c42-29-18-16-27(17-19-29)22-32(36(46)47)41-35(45)31(21-26-12-6-2-7-13-26)40-34(44)30(20-25-10-4-1-5-11-25)39-33(43)23-38-37(48)49-24-28-14-8-3-9-15-28/h1-19,30-32,42H,20-24H2,(H,38,48)(H,39,43)(H,40,44)(H,41,45)(H,46,47)/t30-,31-,32-/m0/s1. The van der Waals surface area contributed by atoms with Crippen LogP contribution in [0, 0.1) is 0 Å². The Kier molecular flexibility index (Phi) is 13.3. The summed E-state index contributed by atoms with van der Waals surface area (Å²) in [6, 6.07) is 29.0. The molecule has 0 aliphatic heterocycles. The number of carbonyl (C=O) groups excluding carboxylic acids is 4. The number of ether oxygens (including phenoxy) is 1. The summed E-state index contributed by atoms with van der Waals surface area (Å²) in [6.45, 7) is -0.465.